The van der Waals surface area contributed by atoms with Gasteiger partial charge in [-0.1, -0.05) is 11.2 Å². The van der Waals surface area contributed by atoms with Gasteiger partial charge in [0.25, 0.3) is 11.8 Å². The third kappa shape index (κ3) is 4.28. The highest BCUT2D eigenvalue weighted by Gasteiger charge is 2.28. The fourth-order valence-corrected chi connectivity index (χ4v) is 5.03. The quantitative estimate of drug-likeness (QED) is 0.654. The number of amides is 2. The van der Waals surface area contributed by atoms with Crippen molar-refractivity contribution in [1.82, 2.24) is 15.4 Å². The highest BCUT2D eigenvalue weighted by molar-refractivity contribution is 7.10. The minimum absolute atomic E-state index is 0.110. The molecule has 1 fully saturated rings. The Bertz CT molecular complexity index is 998. The second-order valence-electron chi connectivity index (χ2n) is 7.28. The van der Waals surface area contributed by atoms with Crippen molar-refractivity contribution in [3.8, 4) is 0 Å². The Morgan fingerprint density at radius 3 is 2.72 bits per heavy atom. The summed E-state index contributed by atoms with van der Waals surface area (Å²) < 4.78 is 5.27. The number of hydrogen-bond donors (Lipinski definition) is 1. The summed E-state index contributed by atoms with van der Waals surface area (Å²) in [6.45, 7) is 5.90. The fraction of sp³-hybridized carbons (Fsp3) is 0.381. The highest BCUT2D eigenvalue weighted by atomic mass is 32.1. The fourth-order valence-electron chi connectivity index (χ4n) is 3.53. The first-order chi connectivity index (χ1) is 14.0. The van der Waals surface area contributed by atoms with Crippen LogP contribution in [0.15, 0.2) is 33.5 Å². The number of rotatable bonds is 5. The third-order valence-corrected chi connectivity index (χ3v) is 7.36. The number of nitrogens with zero attached hydrogens (tertiary/aromatic N) is 2. The third-order valence-electron chi connectivity index (χ3n) is 5.47. The highest BCUT2D eigenvalue weighted by Crippen LogP contribution is 2.30. The number of carbonyl (C=O) groups is 2. The van der Waals surface area contributed by atoms with Crippen molar-refractivity contribution in [2.75, 3.05) is 13.1 Å². The van der Waals surface area contributed by atoms with Crippen molar-refractivity contribution in [3.63, 3.8) is 0 Å². The molecule has 3 aromatic heterocycles. The first-order valence-electron chi connectivity index (χ1n) is 9.64. The number of aromatic nitrogens is 1. The summed E-state index contributed by atoms with van der Waals surface area (Å²) in [5, 5.41) is 10.9. The molecule has 0 aromatic carbocycles. The molecule has 0 atom stereocenters. The molecule has 0 radical (unpaired) electrons. The van der Waals surface area contributed by atoms with E-state index in [1.807, 2.05) is 41.6 Å². The van der Waals surface area contributed by atoms with Crippen LogP contribution in [-0.4, -0.2) is 35.0 Å². The molecule has 0 spiro atoms. The normalized spacial score (nSPS) is 14.9. The average Bonchev–Trinajstić information content (AvgIpc) is 3.49. The molecule has 8 heteroatoms. The van der Waals surface area contributed by atoms with Gasteiger partial charge in [-0.3, -0.25) is 9.59 Å². The van der Waals surface area contributed by atoms with Gasteiger partial charge in [-0.25, -0.2) is 0 Å². The molecule has 152 valence electrons. The number of thiophene rings is 2. The lowest BCUT2D eigenvalue weighted by Crippen LogP contribution is -2.38. The van der Waals surface area contributed by atoms with Crippen molar-refractivity contribution >= 4 is 34.5 Å². The van der Waals surface area contributed by atoms with Crippen LogP contribution >= 0.6 is 22.7 Å². The van der Waals surface area contributed by atoms with Gasteiger partial charge < -0.3 is 14.7 Å². The van der Waals surface area contributed by atoms with E-state index < -0.39 is 0 Å². The van der Waals surface area contributed by atoms with Gasteiger partial charge >= 0.3 is 0 Å². The van der Waals surface area contributed by atoms with Gasteiger partial charge in [0.1, 0.15) is 0 Å². The summed E-state index contributed by atoms with van der Waals surface area (Å²) in [6.07, 6.45) is 1.63. The van der Waals surface area contributed by atoms with E-state index in [2.05, 4.69) is 10.5 Å². The van der Waals surface area contributed by atoms with Gasteiger partial charge in [-0.2, -0.15) is 0 Å². The Morgan fingerprint density at radius 2 is 2.07 bits per heavy atom. The zero-order valence-electron chi connectivity index (χ0n) is 16.4. The second kappa shape index (κ2) is 8.51. The molecule has 0 bridgehead atoms. The number of likely N-dealkylation sites (tertiary alicyclic amines) is 1. The van der Waals surface area contributed by atoms with E-state index in [0.29, 0.717) is 19.6 Å². The van der Waals surface area contributed by atoms with Crippen molar-refractivity contribution in [2.24, 2.45) is 0 Å². The van der Waals surface area contributed by atoms with E-state index in [1.54, 1.807) is 28.7 Å². The Kier molecular flexibility index (Phi) is 5.82. The van der Waals surface area contributed by atoms with E-state index in [-0.39, 0.29) is 23.5 Å². The maximum Gasteiger partial charge on any atom is 0.290 e. The SMILES string of the molecule is Cc1scc(C(=O)N2CCC(c3cc(C(=O)NCc4cccs4)on3)CC2)c1C. The summed E-state index contributed by atoms with van der Waals surface area (Å²) in [5.41, 5.74) is 2.69. The largest absolute Gasteiger partial charge is 0.351 e. The predicted molar refractivity (Wildman–Crippen MR) is 114 cm³/mol. The minimum atomic E-state index is -0.256. The number of carbonyl (C=O) groups excluding carboxylic acids is 2. The maximum absolute atomic E-state index is 12.8. The maximum atomic E-state index is 12.8. The Morgan fingerprint density at radius 1 is 1.28 bits per heavy atom. The molecule has 1 aliphatic heterocycles. The zero-order valence-corrected chi connectivity index (χ0v) is 18.1. The molecule has 6 nitrogen and oxygen atoms in total. The summed E-state index contributed by atoms with van der Waals surface area (Å²) in [7, 11) is 0. The monoisotopic (exact) mass is 429 g/mol. The molecule has 0 unspecified atom stereocenters. The van der Waals surface area contributed by atoms with Crippen LogP contribution < -0.4 is 5.32 Å². The van der Waals surface area contributed by atoms with Crippen molar-refractivity contribution in [1.29, 1.82) is 0 Å². The predicted octanol–water partition coefficient (Wildman–Crippen LogP) is 4.36. The first kappa shape index (κ1) is 19.8. The molecule has 0 saturated carbocycles. The zero-order chi connectivity index (χ0) is 20.4. The van der Waals surface area contributed by atoms with Crippen LogP contribution in [0.3, 0.4) is 0 Å². The van der Waals surface area contributed by atoms with Crippen molar-refractivity contribution in [2.45, 2.75) is 39.2 Å². The average molecular weight is 430 g/mol. The standard InChI is InChI=1S/C21H23N3O3S2/c1-13-14(2)29-12-17(13)21(26)24-7-5-15(6-8-24)18-10-19(27-23-18)20(25)22-11-16-4-3-9-28-16/h3-4,9-10,12,15H,5-8,11H2,1-2H3,(H,22,25). The Balaban J connectivity index is 1.32. The lowest BCUT2D eigenvalue weighted by atomic mass is 9.93. The molecule has 1 N–H and O–H groups in total. The van der Waals surface area contributed by atoms with E-state index in [4.69, 9.17) is 4.52 Å². The second-order valence-corrected chi connectivity index (χ2v) is 9.39. The van der Waals surface area contributed by atoms with Gasteiger partial charge in [0.2, 0.25) is 5.76 Å². The van der Waals surface area contributed by atoms with Crippen molar-refractivity contribution < 1.29 is 14.1 Å². The van der Waals surface area contributed by atoms with Gasteiger partial charge in [0, 0.05) is 40.2 Å². The molecular weight excluding hydrogens is 406 g/mol. The van der Waals surface area contributed by atoms with Crippen molar-refractivity contribution in [3.05, 3.63) is 61.3 Å². The number of piperidine rings is 1. The summed E-state index contributed by atoms with van der Waals surface area (Å²) in [5.74, 6) is 0.290. The molecule has 3 aromatic rings. The first-order valence-corrected chi connectivity index (χ1v) is 11.4. The molecule has 1 saturated heterocycles. The van der Waals surface area contributed by atoms with Gasteiger partial charge in [-0.15, -0.1) is 22.7 Å². The molecule has 2 amide bonds. The van der Waals surface area contributed by atoms with Gasteiger partial charge in [-0.05, 0) is 43.7 Å². The van der Waals surface area contributed by atoms with Crippen LogP contribution in [0.1, 0.15) is 60.7 Å². The molecular formula is C21H23N3O3S2. The summed E-state index contributed by atoms with van der Waals surface area (Å²) in [6, 6.07) is 5.67. The molecule has 4 rings (SSSR count). The molecule has 29 heavy (non-hydrogen) atoms. The summed E-state index contributed by atoms with van der Waals surface area (Å²) >= 11 is 3.22. The summed E-state index contributed by atoms with van der Waals surface area (Å²) in [4.78, 5) is 29.3. The van der Waals surface area contributed by atoms with Gasteiger partial charge in [0.05, 0.1) is 17.8 Å². The number of nitrogens with one attached hydrogen (secondary N) is 1. The van der Waals surface area contributed by atoms with E-state index in [0.717, 1.165) is 34.5 Å². The lowest BCUT2D eigenvalue weighted by molar-refractivity contribution is 0.0710. The van der Waals surface area contributed by atoms with Crippen LogP contribution in [0.2, 0.25) is 0 Å². The minimum Gasteiger partial charge on any atom is -0.351 e. The number of aryl methyl sites for hydroxylation is 1. The molecule has 4 heterocycles. The smallest absolute Gasteiger partial charge is 0.290 e. The Labute approximate surface area is 177 Å². The lowest BCUT2D eigenvalue weighted by Gasteiger charge is -2.31. The van der Waals surface area contributed by atoms with Crippen LogP contribution in [0, 0.1) is 13.8 Å². The van der Waals surface area contributed by atoms with Crippen LogP contribution in [0.5, 0.6) is 0 Å². The van der Waals surface area contributed by atoms with Crippen LogP contribution in [-0.2, 0) is 6.54 Å². The topological polar surface area (TPSA) is 75.4 Å². The Hall–Kier alpha value is -2.45. The van der Waals surface area contributed by atoms with E-state index >= 15 is 0 Å². The van der Waals surface area contributed by atoms with E-state index in [1.165, 1.54) is 4.88 Å². The van der Waals surface area contributed by atoms with Gasteiger partial charge in [0.15, 0.2) is 0 Å². The van der Waals surface area contributed by atoms with Crippen LogP contribution in [0.4, 0.5) is 0 Å². The molecule has 1 aliphatic rings. The molecule has 0 aliphatic carbocycles. The van der Waals surface area contributed by atoms with Crippen LogP contribution in [0.25, 0.3) is 0 Å². The van der Waals surface area contributed by atoms with E-state index in [9.17, 15) is 9.59 Å². The number of hydrogen-bond acceptors (Lipinski definition) is 6.